The first-order valence-corrected chi connectivity index (χ1v) is 6.95. The van der Waals surface area contributed by atoms with E-state index in [2.05, 4.69) is 5.32 Å². The normalized spacial score (nSPS) is 12.6. The number of esters is 1. The Bertz CT molecular complexity index is 582. The van der Waals surface area contributed by atoms with Gasteiger partial charge in [0.1, 0.15) is 0 Å². The predicted molar refractivity (Wildman–Crippen MR) is 84.6 cm³/mol. The minimum atomic E-state index is -0.956. The van der Waals surface area contributed by atoms with Crippen LogP contribution < -0.4 is 5.32 Å². The Balaban J connectivity index is 2.62. The molecule has 0 bridgehead atoms. The van der Waals surface area contributed by atoms with Gasteiger partial charge in [0.05, 0.1) is 10.7 Å². The lowest BCUT2D eigenvalue weighted by Gasteiger charge is -2.13. The van der Waals surface area contributed by atoms with Crippen molar-refractivity contribution in [1.29, 1.82) is 0 Å². The van der Waals surface area contributed by atoms with Crippen LogP contribution in [0.3, 0.4) is 0 Å². The molecule has 1 atom stereocenters. The van der Waals surface area contributed by atoms with Crippen molar-refractivity contribution in [1.82, 2.24) is 0 Å². The van der Waals surface area contributed by atoms with Gasteiger partial charge >= 0.3 is 5.97 Å². The zero-order valence-electron chi connectivity index (χ0n) is 11.6. The summed E-state index contributed by atoms with van der Waals surface area (Å²) in [5.41, 5.74) is 0.363. The molecule has 1 rings (SSSR count). The van der Waals surface area contributed by atoms with E-state index in [9.17, 15) is 9.59 Å². The van der Waals surface area contributed by atoms with Crippen LogP contribution in [-0.2, 0) is 14.3 Å². The number of hydrogen-bond acceptors (Lipinski definition) is 3. The number of rotatable bonds is 5. The average molecular weight is 328 g/mol. The Labute approximate surface area is 133 Å². The molecule has 0 saturated heterocycles. The molecule has 4 nitrogen and oxygen atoms in total. The third-order valence-electron chi connectivity index (χ3n) is 2.38. The highest BCUT2D eigenvalue weighted by Crippen LogP contribution is 2.25. The Kier molecular flexibility index (Phi) is 6.99. The summed E-state index contributed by atoms with van der Waals surface area (Å²) in [7, 11) is 0. The van der Waals surface area contributed by atoms with E-state index < -0.39 is 18.0 Å². The van der Waals surface area contributed by atoms with Crippen molar-refractivity contribution in [2.45, 2.75) is 20.0 Å². The minimum Gasteiger partial charge on any atom is -0.449 e. The number of allylic oxidation sites excluding steroid dienone is 3. The maximum absolute atomic E-state index is 11.9. The van der Waals surface area contributed by atoms with Gasteiger partial charge in [-0.25, -0.2) is 4.79 Å². The summed E-state index contributed by atoms with van der Waals surface area (Å²) >= 11 is 11.8. The fourth-order valence-corrected chi connectivity index (χ4v) is 1.68. The molecule has 0 heterocycles. The molecule has 1 N–H and O–H groups in total. The van der Waals surface area contributed by atoms with Crippen molar-refractivity contribution in [3.05, 3.63) is 52.5 Å². The second kappa shape index (κ2) is 8.49. The van der Waals surface area contributed by atoms with Gasteiger partial charge in [-0.15, -0.1) is 0 Å². The number of anilines is 1. The molecule has 21 heavy (non-hydrogen) atoms. The maximum atomic E-state index is 11.9. The van der Waals surface area contributed by atoms with E-state index >= 15 is 0 Å². The molecule has 0 aliphatic carbocycles. The van der Waals surface area contributed by atoms with Crippen LogP contribution in [0.5, 0.6) is 0 Å². The lowest BCUT2D eigenvalue weighted by molar-refractivity contribution is -0.148. The Morgan fingerprint density at radius 3 is 2.67 bits per heavy atom. The summed E-state index contributed by atoms with van der Waals surface area (Å²) in [5, 5.41) is 3.34. The van der Waals surface area contributed by atoms with Crippen molar-refractivity contribution < 1.29 is 14.3 Å². The number of carbonyl (C=O) groups excluding carboxylic acids is 2. The van der Waals surface area contributed by atoms with E-state index in [-0.39, 0.29) is 0 Å². The second-order valence-electron chi connectivity index (χ2n) is 4.08. The number of benzene rings is 1. The first-order chi connectivity index (χ1) is 9.93. The zero-order valence-corrected chi connectivity index (χ0v) is 13.1. The van der Waals surface area contributed by atoms with Crippen LogP contribution in [-0.4, -0.2) is 18.0 Å². The van der Waals surface area contributed by atoms with Gasteiger partial charge in [-0.1, -0.05) is 41.4 Å². The minimum absolute atomic E-state index is 0.347. The van der Waals surface area contributed by atoms with Crippen LogP contribution in [0, 0.1) is 0 Å². The molecular weight excluding hydrogens is 313 g/mol. The summed E-state index contributed by atoms with van der Waals surface area (Å²) in [5.74, 6) is -1.10. The fourth-order valence-electron chi connectivity index (χ4n) is 1.34. The predicted octanol–water partition coefficient (Wildman–Crippen LogP) is 4.00. The number of hydrogen-bond donors (Lipinski definition) is 1. The smallest absolute Gasteiger partial charge is 0.331 e. The SMILES string of the molecule is C/C=C/C=C/C(=O)O[C@@H](C)C(=O)Nc1cc(Cl)ccc1Cl. The molecule has 1 amide bonds. The standard InChI is InChI=1S/C15H15Cl2NO3/c1-3-4-5-6-14(19)21-10(2)15(20)18-13-9-11(16)7-8-12(13)17/h3-10H,1-2H3,(H,18,20)/b4-3+,6-5+/t10-/m0/s1. The number of nitrogens with one attached hydrogen (secondary N) is 1. The van der Waals surface area contributed by atoms with Crippen molar-refractivity contribution in [2.24, 2.45) is 0 Å². The van der Waals surface area contributed by atoms with E-state index in [0.29, 0.717) is 15.7 Å². The lowest BCUT2D eigenvalue weighted by Crippen LogP contribution is -2.29. The molecule has 0 aliphatic heterocycles. The van der Waals surface area contributed by atoms with E-state index in [1.807, 2.05) is 6.92 Å². The molecule has 0 unspecified atom stereocenters. The highest BCUT2D eigenvalue weighted by molar-refractivity contribution is 6.35. The first-order valence-electron chi connectivity index (χ1n) is 6.20. The van der Waals surface area contributed by atoms with Gasteiger partial charge in [0.25, 0.3) is 5.91 Å². The van der Waals surface area contributed by atoms with Crippen molar-refractivity contribution >= 4 is 40.8 Å². The summed E-state index contributed by atoms with van der Waals surface area (Å²) in [4.78, 5) is 23.3. The lowest BCUT2D eigenvalue weighted by atomic mass is 10.3. The monoisotopic (exact) mass is 327 g/mol. The van der Waals surface area contributed by atoms with Gasteiger partial charge in [-0.3, -0.25) is 4.79 Å². The molecule has 0 spiro atoms. The molecule has 0 saturated carbocycles. The number of amides is 1. The first kappa shape index (κ1) is 17.3. The van der Waals surface area contributed by atoms with Gasteiger partial charge < -0.3 is 10.1 Å². The second-order valence-corrected chi connectivity index (χ2v) is 4.92. The van der Waals surface area contributed by atoms with Crippen LogP contribution in [0.15, 0.2) is 42.5 Å². The zero-order chi connectivity index (χ0) is 15.8. The third-order valence-corrected chi connectivity index (χ3v) is 2.95. The fraction of sp³-hybridized carbons (Fsp3) is 0.200. The summed E-state index contributed by atoms with van der Waals surface area (Å²) in [6.45, 7) is 3.29. The largest absolute Gasteiger partial charge is 0.449 e. The Morgan fingerprint density at radius 1 is 1.29 bits per heavy atom. The summed E-state index contributed by atoms with van der Waals surface area (Å²) < 4.78 is 4.95. The van der Waals surface area contributed by atoms with Crippen LogP contribution in [0.25, 0.3) is 0 Å². The molecule has 6 heteroatoms. The van der Waals surface area contributed by atoms with Gasteiger partial charge in [0.15, 0.2) is 6.10 Å². The quantitative estimate of drug-likeness (QED) is 0.505. The van der Waals surface area contributed by atoms with Crippen molar-refractivity contribution in [2.75, 3.05) is 5.32 Å². The Morgan fingerprint density at radius 2 is 2.00 bits per heavy atom. The molecular formula is C15H15Cl2NO3. The third kappa shape index (κ3) is 6.02. The Hall–Kier alpha value is -1.78. The molecule has 1 aromatic rings. The topological polar surface area (TPSA) is 55.4 Å². The van der Waals surface area contributed by atoms with Gasteiger partial charge in [-0.2, -0.15) is 0 Å². The van der Waals surface area contributed by atoms with Crippen LogP contribution in [0.1, 0.15) is 13.8 Å². The van der Waals surface area contributed by atoms with Crippen molar-refractivity contribution in [3.8, 4) is 0 Å². The molecule has 0 radical (unpaired) electrons. The molecule has 0 aliphatic rings. The van der Waals surface area contributed by atoms with Gasteiger partial charge in [0, 0.05) is 11.1 Å². The number of ether oxygens (including phenoxy) is 1. The van der Waals surface area contributed by atoms with Crippen LogP contribution in [0.2, 0.25) is 10.0 Å². The van der Waals surface area contributed by atoms with Crippen LogP contribution >= 0.6 is 23.2 Å². The highest BCUT2D eigenvalue weighted by Gasteiger charge is 2.17. The summed E-state index contributed by atoms with van der Waals surface area (Å²) in [6, 6.07) is 4.69. The number of halogens is 2. The summed E-state index contributed by atoms with van der Waals surface area (Å²) in [6.07, 6.45) is 5.25. The van der Waals surface area contributed by atoms with E-state index in [1.165, 1.54) is 25.1 Å². The van der Waals surface area contributed by atoms with Gasteiger partial charge in [0.2, 0.25) is 0 Å². The average Bonchev–Trinajstić information content (AvgIpc) is 2.43. The van der Waals surface area contributed by atoms with Crippen LogP contribution in [0.4, 0.5) is 5.69 Å². The molecule has 0 fully saturated rings. The van der Waals surface area contributed by atoms with E-state index in [0.717, 1.165) is 0 Å². The van der Waals surface area contributed by atoms with Crippen molar-refractivity contribution in [3.63, 3.8) is 0 Å². The number of carbonyl (C=O) groups is 2. The van der Waals surface area contributed by atoms with Gasteiger partial charge in [-0.05, 0) is 32.0 Å². The van der Waals surface area contributed by atoms with E-state index in [4.69, 9.17) is 27.9 Å². The molecule has 0 aromatic heterocycles. The highest BCUT2D eigenvalue weighted by atomic mass is 35.5. The molecule has 112 valence electrons. The van der Waals surface area contributed by atoms with E-state index in [1.54, 1.807) is 24.3 Å². The molecule has 1 aromatic carbocycles. The maximum Gasteiger partial charge on any atom is 0.331 e.